The highest BCUT2D eigenvalue weighted by molar-refractivity contribution is 5.97. The molecule has 1 aromatic carbocycles. The predicted molar refractivity (Wildman–Crippen MR) is 175 cm³/mol. The molecule has 2 fully saturated rings. The Hall–Kier alpha value is -3.67. The average molecular weight is 655 g/mol. The summed E-state index contributed by atoms with van der Waals surface area (Å²) in [7, 11) is 0. The lowest BCUT2D eigenvalue weighted by atomic mass is 9.77. The third-order valence-electron chi connectivity index (χ3n) is 10.1. The van der Waals surface area contributed by atoms with Crippen molar-refractivity contribution < 1.29 is 28.2 Å². The van der Waals surface area contributed by atoms with Crippen molar-refractivity contribution in [2.45, 2.75) is 111 Å². The number of amides is 3. The zero-order chi connectivity index (χ0) is 34.2. The van der Waals surface area contributed by atoms with Crippen molar-refractivity contribution in [3.63, 3.8) is 0 Å². The van der Waals surface area contributed by atoms with Crippen molar-refractivity contribution in [2.24, 2.45) is 11.8 Å². The Bertz CT molecular complexity index is 1410. The van der Waals surface area contributed by atoms with E-state index in [1.54, 1.807) is 24.0 Å². The van der Waals surface area contributed by atoms with Crippen molar-refractivity contribution >= 4 is 23.5 Å². The summed E-state index contributed by atoms with van der Waals surface area (Å²) < 4.78 is 20.5. The summed E-state index contributed by atoms with van der Waals surface area (Å²) in [6.07, 6.45) is 3.90. The maximum absolute atomic E-state index is 15.7. The monoisotopic (exact) mass is 654 g/mol. The summed E-state index contributed by atoms with van der Waals surface area (Å²) in [4.78, 5) is 57.3. The van der Waals surface area contributed by atoms with Gasteiger partial charge >= 0.3 is 0 Å². The number of benzene rings is 1. The molecule has 2 heterocycles. The lowest BCUT2D eigenvalue weighted by molar-refractivity contribution is -0.139. The first-order chi connectivity index (χ1) is 22.5. The highest BCUT2D eigenvalue weighted by Gasteiger charge is 2.36. The molecule has 0 radical (unpaired) electrons. The van der Waals surface area contributed by atoms with Gasteiger partial charge in [-0.25, -0.2) is 9.02 Å². The molecule has 4 rings (SSSR count). The van der Waals surface area contributed by atoms with Crippen LogP contribution in [0.3, 0.4) is 0 Å². The number of nitrogens with one attached hydrogen (secondary N) is 2. The smallest absolute Gasteiger partial charge is 0.276 e. The van der Waals surface area contributed by atoms with Gasteiger partial charge in [0.15, 0.2) is 11.5 Å². The van der Waals surface area contributed by atoms with Crippen LogP contribution in [0.5, 0.6) is 0 Å². The fourth-order valence-electron chi connectivity index (χ4n) is 6.92. The minimum Gasteiger partial charge on any atom is -0.344 e. The first-order valence-electron chi connectivity index (χ1n) is 17.2. The number of piperazine rings is 1. The topological polar surface area (TPSA) is 138 Å². The van der Waals surface area contributed by atoms with Crippen LogP contribution < -0.4 is 10.6 Å². The number of Topliss-reactive ketones (excluding diaryl/α,β-unsaturated/α-hetero) is 1. The summed E-state index contributed by atoms with van der Waals surface area (Å²) in [5.41, 5.74) is 1.22. The third kappa shape index (κ3) is 8.82. The van der Waals surface area contributed by atoms with E-state index in [-0.39, 0.29) is 53.7 Å². The number of aryl methyl sites for hydroxylation is 1. The Kier molecular flexibility index (Phi) is 12.6. The third-order valence-corrected chi connectivity index (χ3v) is 10.1. The molecule has 12 heteroatoms. The van der Waals surface area contributed by atoms with E-state index in [9.17, 15) is 19.2 Å². The first-order valence-corrected chi connectivity index (χ1v) is 17.2. The van der Waals surface area contributed by atoms with Crippen LogP contribution in [0.1, 0.15) is 107 Å². The number of nitrogens with zero attached hydrogens (tertiary/aromatic N) is 4. The van der Waals surface area contributed by atoms with Crippen molar-refractivity contribution in [1.82, 2.24) is 30.7 Å². The van der Waals surface area contributed by atoms with E-state index in [0.29, 0.717) is 36.7 Å². The highest BCUT2D eigenvalue weighted by atomic mass is 19.1. The molecule has 2 aliphatic rings. The molecule has 3 amide bonds. The molecule has 1 aromatic heterocycles. The maximum atomic E-state index is 15.7. The predicted octanol–water partition coefficient (Wildman–Crippen LogP) is 4.06. The molecule has 1 saturated carbocycles. The van der Waals surface area contributed by atoms with Crippen LogP contribution in [-0.2, 0) is 27.2 Å². The summed E-state index contributed by atoms with van der Waals surface area (Å²) in [5.74, 6) is -1.87. The van der Waals surface area contributed by atoms with E-state index in [4.69, 9.17) is 4.63 Å². The van der Waals surface area contributed by atoms with Crippen LogP contribution in [0.25, 0.3) is 0 Å². The Labute approximate surface area is 277 Å². The lowest BCUT2D eigenvalue weighted by Gasteiger charge is -2.41. The van der Waals surface area contributed by atoms with Crippen LogP contribution in [0.2, 0.25) is 0 Å². The number of hydrogen-bond acceptors (Lipinski definition) is 8. The second-order valence-corrected chi connectivity index (χ2v) is 13.3. The van der Waals surface area contributed by atoms with Crippen molar-refractivity contribution in [1.29, 1.82) is 0 Å². The zero-order valence-corrected chi connectivity index (χ0v) is 28.7. The Balaban J connectivity index is 1.52. The van der Waals surface area contributed by atoms with Gasteiger partial charge in [0.25, 0.3) is 5.91 Å². The molecule has 0 unspecified atom stereocenters. The fraction of sp³-hybridized carbons (Fsp3) is 0.657. The van der Waals surface area contributed by atoms with Gasteiger partial charge in [-0.15, -0.1) is 0 Å². The number of carbonyl (C=O) groups is 4. The number of rotatable bonds is 13. The van der Waals surface area contributed by atoms with E-state index in [0.717, 1.165) is 38.8 Å². The molecule has 47 heavy (non-hydrogen) atoms. The average Bonchev–Trinajstić information content (AvgIpc) is 3.56. The molecule has 2 N–H and O–H groups in total. The normalized spacial score (nSPS) is 22.3. The van der Waals surface area contributed by atoms with Gasteiger partial charge < -0.3 is 15.5 Å². The van der Waals surface area contributed by atoms with Gasteiger partial charge in [-0.1, -0.05) is 64.7 Å². The van der Waals surface area contributed by atoms with Gasteiger partial charge in [0, 0.05) is 44.4 Å². The molecule has 258 valence electrons. The second kappa shape index (κ2) is 16.4. The summed E-state index contributed by atoms with van der Waals surface area (Å²) in [5, 5.41) is 13.3. The van der Waals surface area contributed by atoms with E-state index in [1.807, 2.05) is 13.8 Å². The quantitative estimate of drug-likeness (QED) is 0.330. The zero-order valence-electron chi connectivity index (χ0n) is 28.7. The fourth-order valence-corrected chi connectivity index (χ4v) is 6.92. The molecule has 1 aliphatic carbocycles. The van der Waals surface area contributed by atoms with Crippen LogP contribution in [0.4, 0.5) is 4.39 Å². The molecule has 0 bridgehead atoms. The summed E-state index contributed by atoms with van der Waals surface area (Å²) in [6.45, 7) is 14.5. The van der Waals surface area contributed by atoms with Crippen molar-refractivity contribution in [3.05, 3.63) is 46.5 Å². The Morgan fingerprint density at radius 1 is 1.02 bits per heavy atom. The van der Waals surface area contributed by atoms with E-state index in [1.165, 1.54) is 6.07 Å². The van der Waals surface area contributed by atoms with E-state index >= 15 is 4.39 Å². The van der Waals surface area contributed by atoms with Crippen LogP contribution >= 0.6 is 0 Å². The van der Waals surface area contributed by atoms with Gasteiger partial charge in [0.1, 0.15) is 17.6 Å². The minimum absolute atomic E-state index is 0.0555. The van der Waals surface area contributed by atoms with Crippen LogP contribution in [-0.4, -0.2) is 87.9 Å². The van der Waals surface area contributed by atoms with E-state index in [2.05, 4.69) is 46.6 Å². The van der Waals surface area contributed by atoms with Crippen molar-refractivity contribution in [2.75, 3.05) is 26.2 Å². The van der Waals surface area contributed by atoms with Crippen molar-refractivity contribution in [3.8, 4) is 0 Å². The Morgan fingerprint density at radius 2 is 1.74 bits per heavy atom. The molecule has 2 aromatic rings. The molecular formula is C35H51FN6O5. The second-order valence-electron chi connectivity index (χ2n) is 13.3. The number of ketones is 1. The van der Waals surface area contributed by atoms with Gasteiger partial charge in [-0.05, 0) is 66.9 Å². The van der Waals surface area contributed by atoms with Crippen LogP contribution in [0.15, 0.2) is 22.8 Å². The number of aromatic nitrogens is 2. The van der Waals surface area contributed by atoms with Crippen LogP contribution in [0, 0.1) is 17.7 Å². The Morgan fingerprint density at radius 3 is 2.36 bits per heavy atom. The molecule has 11 nitrogen and oxygen atoms in total. The van der Waals surface area contributed by atoms with E-state index < -0.39 is 29.7 Å². The SMILES string of the molecule is CCC(=O)N[C@@H](C(=O)N1CCN(CC)[C@@H](C)C1)[C@@H](C)c1ccc(CC(=O)[C@@H](NC(=O)c2nonc2CC)C2CCC(C)CC2)c(F)c1. The number of carbonyl (C=O) groups excluding carboxylic acids is 4. The number of halogens is 1. The lowest BCUT2D eigenvalue weighted by Crippen LogP contribution is -2.58. The molecular weight excluding hydrogens is 603 g/mol. The number of likely N-dealkylation sites (N-methyl/N-ethyl adjacent to an activating group) is 1. The number of hydrogen-bond donors (Lipinski definition) is 2. The maximum Gasteiger partial charge on any atom is 0.276 e. The summed E-state index contributed by atoms with van der Waals surface area (Å²) >= 11 is 0. The largest absolute Gasteiger partial charge is 0.344 e. The molecule has 0 spiro atoms. The first kappa shape index (κ1) is 36.2. The van der Waals surface area contributed by atoms with Gasteiger partial charge in [0.05, 0.1) is 6.04 Å². The standard InChI is InChI=1S/C35H51FN6O5/c1-7-28-33(40-47-39-28)34(45)38-32(24-12-10-21(4)11-13-24)29(43)19-26-15-14-25(18-27(26)36)23(6)31(37-30(44)8-2)35(46)42-17-16-41(9-3)22(5)20-42/h14-15,18,21-24,31-32H,7-13,16-17,19-20H2,1-6H3,(H,37,44)(H,38,45)/t21?,22-,23-,24?,31+,32-/m0/s1. The molecule has 1 saturated heterocycles. The highest BCUT2D eigenvalue weighted by Crippen LogP contribution is 2.32. The van der Waals surface area contributed by atoms with Gasteiger partial charge in [0.2, 0.25) is 11.8 Å². The minimum atomic E-state index is -0.859. The summed E-state index contributed by atoms with van der Waals surface area (Å²) in [6, 6.07) is 3.17. The van der Waals surface area contributed by atoms with Gasteiger partial charge in [-0.2, -0.15) is 0 Å². The molecule has 1 aliphatic heterocycles. The van der Waals surface area contributed by atoms with Gasteiger partial charge in [-0.3, -0.25) is 24.1 Å². The molecule has 4 atom stereocenters.